The first-order valence-corrected chi connectivity index (χ1v) is 7.06. The van der Waals surface area contributed by atoms with Gasteiger partial charge in [0.1, 0.15) is 0 Å². The van der Waals surface area contributed by atoms with E-state index in [4.69, 9.17) is 22.3 Å². The number of halogens is 2. The summed E-state index contributed by atoms with van der Waals surface area (Å²) in [5, 5.41) is 0.421. The molecule has 0 spiro atoms. The van der Waals surface area contributed by atoms with E-state index in [1.165, 1.54) is 12.1 Å². The summed E-state index contributed by atoms with van der Waals surface area (Å²) < 4.78 is 22.1. The first-order valence-electron chi connectivity index (χ1n) is 4.37. The molecule has 1 aromatic rings. The lowest BCUT2D eigenvalue weighted by atomic mass is 9.87. The molecule has 0 saturated heterocycles. The highest BCUT2D eigenvalue weighted by Crippen LogP contribution is 2.31. The molecule has 5 heteroatoms. The van der Waals surface area contributed by atoms with E-state index in [2.05, 4.69) is 0 Å². The molecule has 15 heavy (non-hydrogen) atoms. The van der Waals surface area contributed by atoms with Gasteiger partial charge in [0.15, 0.2) is 0 Å². The zero-order chi connectivity index (χ0) is 11.9. The fourth-order valence-corrected chi connectivity index (χ4v) is 2.56. The summed E-state index contributed by atoms with van der Waals surface area (Å²) in [5.74, 6) is 0. The van der Waals surface area contributed by atoms with Gasteiger partial charge < -0.3 is 0 Å². The van der Waals surface area contributed by atoms with Crippen molar-refractivity contribution in [2.45, 2.75) is 31.1 Å². The van der Waals surface area contributed by atoms with E-state index in [1.807, 2.05) is 20.8 Å². The van der Waals surface area contributed by atoms with Crippen LogP contribution in [-0.4, -0.2) is 8.42 Å². The highest BCUT2D eigenvalue weighted by Gasteiger charge is 2.19. The Morgan fingerprint density at radius 2 is 1.73 bits per heavy atom. The molecule has 0 aliphatic rings. The van der Waals surface area contributed by atoms with Crippen LogP contribution in [-0.2, 0) is 14.5 Å². The van der Waals surface area contributed by atoms with Crippen molar-refractivity contribution in [3.05, 3.63) is 28.8 Å². The molecular formula is C10H12Cl2O2S. The van der Waals surface area contributed by atoms with Crippen LogP contribution in [0, 0.1) is 0 Å². The Balaban J connectivity index is 3.34. The van der Waals surface area contributed by atoms with Crippen molar-refractivity contribution in [2.75, 3.05) is 0 Å². The Morgan fingerprint density at radius 3 is 2.07 bits per heavy atom. The van der Waals surface area contributed by atoms with Gasteiger partial charge in [0.25, 0.3) is 9.05 Å². The van der Waals surface area contributed by atoms with Crippen molar-refractivity contribution in [1.82, 2.24) is 0 Å². The summed E-state index contributed by atoms with van der Waals surface area (Å²) in [6.07, 6.45) is 0. The normalized spacial score (nSPS) is 12.9. The molecular weight excluding hydrogens is 255 g/mol. The molecule has 0 radical (unpaired) electrons. The fraction of sp³-hybridized carbons (Fsp3) is 0.400. The first-order chi connectivity index (χ1) is 6.62. The van der Waals surface area contributed by atoms with Gasteiger partial charge in [-0.25, -0.2) is 8.42 Å². The van der Waals surface area contributed by atoms with Gasteiger partial charge in [0.05, 0.1) is 4.90 Å². The number of benzene rings is 1. The van der Waals surface area contributed by atoms with Gasteiger partial charge in [-0.15, -0.1) is 0 Å². The van der Waals surface area contributed by atoms with Crippen LogP contribution in [0.15, 0.2) is 23.1 Å². The molecule has 0 aliphatic carbocycles. The summed E-state index contributed by atoms with van der Waals surface area (Å²) in [6.45, 7) is 6.01. The van der Waals surface area contributed by atoms with Crippen molar-refractivity contribution in [2.24, 2.45) is 0 Å². The van der Waals surface area contributed by atoms with E-state index in [0.717, 1.165) is 5.56 Å². The molecule has 0 bridgehead atoms. The lowest BCUT2D eigenvalue weighted by Crippen LogP contribution is -2.12. The highest BCUT2D eigenvalue weighted by atomic mass is 35.7. The summed E-state index contributed by atoms with van der Waals surface area (Å²) in [4.78, 5) is 0.0298. The zero-order valence-corrected chi connectivity index (χ0v) is 11.0. The minimum atomic E-state index is -3.70. The van der Waals surface area contributed by atoms with E-state index >= 15 is 0 Å². The van der Waals surface area contributed by atoms with Gasteiger partial charge in [-0.1, -0.05) is 38.4 Å². The Labute approximate surface area is 99.6 Å². The van der Waals surface area contributed by atoms with Crippen LogP contribution in [0.2, 0.25) is 5.02 Å². The second kappa shape index (κ2) is 3.96. The van der Waals surface area contributed by atoms with Crippen LogP contribution in [0.25, 0.3) is 0 Å². The third kappa shape index (κ3) is 3.10. The van der Waals surface area contributed by atoms with E-state index in [0.29, 0.717) is 5.02 Å². The third-order valence-corrected chi connectivity index (χ3v) is 3.69. The van der Waals surface area contributed by atoms with Crippen LogP contribution in [0.1, 0.15) is 26.3 Å². The zero-order valence-electron chi connectivity index (χ0n) is 8.71. The molecule has 0 fully saturated rings. The van der Waals surface area contributed by atoms with Crippen LogP contribution in [0.4, 0.5) is 0 Å². The van der Waals surface area contributed by atoms with E-state index in [1.54, 1.807) is 6.07 Å². The van der Waals surface area contributed by atoms with Crippen molar-refractivity contribution in [3.8, 4) is 0 Å². The molecule has 0 heterocycles. The number of rotatable bonds is 1. The molecule has 1 rings (SSSR count). The molecule has 0 atom stereocenters. The van der Waals surface area contributed by atoms with Crippen molar-refractivity contribution in [3.63, 3.8) is 0 Å². The molecule has 84 valence electrons. The molecule has 0 N–H and O–H groups in total. The van der Waals surface area contributed by atoms with Crippen LogP contribution >= 0.6 is 22.3 Å². The second-order valence-electron chi connectivity index (χ2n) is 4.33. The minimum Gasteiger partial charge on any atom is -0.207 e. The largest absolute Gasteiger partial charge is 0.261 e. The smallest absolute Gasteiger partial charge is 0.207 e. The monoisotopic (exact) mass is 266 g/mol. The molecule has 2 nitrogen and oxygen atoms in total. The van der Waals surface area contributed by atoms with E-state index in [-0.39, 0.29) is 10.3 Å². The third-order valence-electron chi connectivity index (χ3n) is 2.03. The van der Waals surface area contributed by atoms with Gasteiger partial charge in [-0.2, -0.15) is 0 Å². The Bertz CT molecular complexity index is 473. The molecule has 0 aromatic heterocycles. The molecule has 0 aliphatic heterocycles. The quantitative estimate of drug-likeness (QED) is 0.729. The highest BCUT2D eigenvalue weighted by molar-refractivity contribution is 8.13. The van der Waals surface area contributed by atoms with Crippen LogP contribution in [0.5, 0.6) is 0 Å². The van der Waals surface area contributed by atoms with Gasteiger partial charge in [0, 0.05) is 15.7 Å². The maximum atomic E-state index is 11.1. The number of hydrogen-bond donors (Lipinski definition) is 0. The van der Waals surface area contributed by atoms with Gasteiger partial charge >= 0.3 is 0 Å². The predicted molar refractivity (Wildman–Crippen MR) is 63.2 cm³/mol. The molecule has 0 amide bonds. The van der Waals surface area contributed by atoms with Crippen molar-refractivity contribution < 1.29 is 8.42 Å². The maximum absolute atomic E-state index is 11.1. The molecule has 0 unspecified atom stereocenters. The second-order valence-corrected chi connectivity index (χ2v) is 7.30. The minimum absolute atomic E-state index is 0.0298. The Morgan fingerprint density at radius 1 is 1.20 bits per heavy atom. The number of hydrogen-bond acceptors (Lipinski definition) is 2. The Hall–Kier alpha value is -0.250. The molecule has 0 saturated carbocycles. The van der Waals surface area contributed by atoms with Gasteiger partial charge in [-0.3, -0.25) is 0 Å². The average molecular weight is 267 g/mol. The summed E-state index contributed by atoms with van der Waals surface area (Å²) >= 11 is 6.00. The fourth-order valence-electron chi connectivity index (χ4n) is 1.26. The van der Waals surface area contributed by atoms with E-state index in [9.17, 15) is 8.42 Å². The summed E-state index contributed by atoms with van der Waals surface area (Å²) in [6, 6.07) is 4.54. The van der Waals surface area contributed by atoms with E-state index < -0.39 is 9.05 Å². The Kier molecular flexibility index (Phi) is 3.39. The first kappa shape index (κ1) is 12.8. The SMILES string of the molecule is CC(C)(C)c1ccc(S(=O)(=O)Cl)cc1Cl. The predicted octanol–water partition coefficient (Wildman–Crippen LogP) is 3.57. The van der Waals surface area contributed by atoms with Crippen LogP contribution in [0.3, 0.4) is 0 Å². The topological polar surface area (TPSA) is 34.1 Å². The van der Waals surface area contributed by atoms with Crippen molar-refractivity contribution in [1.29, 1.82) is 0 Å². The van der Waals surface area contributed by atoms with Crippen molar-refractivity contribution >= 4 is 31.3 Å². The standard InChI is InChI=1S/C10H12Cl2O2S/c1-10(2,3)8-5-4-7(6-9(8)11)15(12,13)14/h4-6H,1-3H3. The maximum Gasteiger partial charge on any atom is 0.261 e. The summed E-state index contributed by atoms with van der Waals surface area (Å²) in [7, 11) is 1.51. The van der Waals surface area contributed by atoms with Gasteiger partial charge in [0.2, 0.25) is 0 Å². The van der Waals surface area contributed by atoms with Gasteiger partial charge in [-0.05, 0) is 23.1 Å². The molecule has 1 aromatic carbocycles. The average Bonchev–Trinajstić information content (AvgIpc) is 1.99. The lowest BCUT2D eigenvalue weighted by molar-refractivity contribution is 0.588. The van der Waals surface area contributed by atoms with Crippen LogP contribution < -0.4 is 0 Å². The lowest BCUT2D eigenvalue weighted by Gasteiger charge is -2.20. The summed E-state index contributed by atoms with van der Waals surface area (Å²) in [5.41, 5.74) is 0.777.